The van der Waals surface area contributed by atoms with Crippen molar-refractivity contribution < 1.29 is 14.1 Å². The second kappa shape index (κ2) is 8.16. The van der Waals surface area contributed by atoms with Crippen molar-refractivity contribution in [3.63, 3.8) is 0 Å². The van der Waals surface area contributed by atoms with Gasteiger partial charge in [0, 0.05) is 19.3 Å². The van der Waals surface area contributed by atoms with Crippen LogP contribution in [-0.2, 0) is 11.3 Å². The molecule has 1 amide bonds. The molecule has 3 aromatic heterocycles. The third kappa shape index (κ3) is 3.67. The molecule has 0 spiro atoms. The van der Waals surface area contributed by atoms with Gasteiger partial charge in [-0.1, -0.05) is 30.3 Å². The van der Waals surface area contributed by atoms with Crippen molar-refractivity contribution in [2.75, 3.05) is 19.5 Å². The second-order valence-corrected chi connectivity index (χ2v) is 7.48. The predicted octanol–water partition coefficient (Wildman–Crippen LogP) is 1.43. The Morgan fingerprint density at radius 2 is 2.14 bits per heavy atom. The molecule has 1 aliphatic carbocycles. The molecule has 3 N–H and O–H groups in total. The molecule has 0 aromatic carbocycles. The summed E-state index contributed by atoms with van der Waals surface area (Å²) in [6, 6.07) is 7.08. The highest BCUT2D eigenvalue weighted by Gasteiger charge is 2.26. The smallest absolute Gasteiger partial charge is 0.278 e. The SMILES string of the molecule is COCC[n+]1c(N)c(C(=O)NC2CCCCC2)cc2c(=O)n3ccccc3nc21. The fourth-order valence-electron chi connectivity index (χ4n) is 4.00. The van der Waals surface area contributed by atoms with E-state index in [0.29, 0.717) is 35.4 Å². The Kier molecular flexibility index (Phi) is 5.44. The van der Waals surface area contributed by atoms with Gasteiger partial charge in [0.25, 0.3) is 17.1 Å². The van der Waals surface area contributed by atoms with Crippen LogP contribution < -0.4 is 21.2 Å². The van der Waals surface area contributed by atoms with Gasteiger partial charge in [-0.15, -0.1) is 0 Å². The molecular formula is C21H26N5O3+. The average molecular weight is 396 g/mol. The molecule has 0 radical (unpaired) electrons. The maximum Gasteiger partial charge on any atom is 0.278 e. The molecule has 29 heavy (non-hydrogen) atoms. The van der Waals surface area contributed by atoms with Crippen molar-refractivity contribution in [2.24, 2.45) is 0 Å². The van der Waals surface area contributed by atoms with Crippen LogP contribution in [0.3, 0.4) is 0 Å². The van der Waals surface area contributed by atoms with E-state index in [-0.39, 0.29) is 23.3 Å². The number of rotatable bonds is 5. The van der Waals surface area contributed by atoms with E-state index in [4.69, 9.17) is 10.5 Å². The van der Waals surface area contributed by atoms with Gasteiger partial charge in [-0.2, -0.15) is 0 Å². The van der Waals surface area contributed by atoms with Gasteiger partial charge >= 0.3 is 0 Å². The number of nitrogens with zero attached hydrogens (tertiary/aromatic N) is 3. The standard InChI is InChI=1S/C21H25N5O3/c1-29-12-11-26-18(22)15(20(27)23-14-7-3-2-4-8-14)13-16-19(26)24-17-9-5-6-10-25(17)21(16)28/h5-6,9-10,13-14,22H,2-4,7-8,11-12H2,1H3,(H,23,27)/p+1. The quantitative estimate of drug-likeness (QED) is 0.502. The van der Waals surface area contributed by atoms with Crippen LogP contribution in [0.4, 0.5) is 5.82 Å². The Morgan fingerprint density at radius 1 is 1.34 bits per heavy atom. The number of carbonyl (C=O) groups excluding carboxylic acids is 1. The van der Waals surface area contributed by atoms with E-state index in [2.05, 4.69) is 10.3 Å². The molecule has 3 heterocycles. The van der Waals surface area contributed by atoms with Crippen LogP contribution in [-0.4, -0.2) is 35.1 Å². The first-order valence-corrected chi connectivity index (χ1v) is 10.0. The first-order valence-electron chi connectivity index (χ1n) is 10.0. The number of aromatic nitrogens is 3. The van der Waals surface area contributed by atoms with Gasteiger partial charge in [-0.05, 0) is 31.0 Å². The Hall–Kier alpha value is -3.00. The maximum absolute atomic E-state index is 13.1. The summed E-state index contributed by atoms with van der Waals surface area (Å²) in [6.45, 7) is 0.770. The minimum atomic E-state index is -0.250. The number of fused-ring (bicyclic) bond motifs is 2. The van der Waals surface area contributed by atoms with Gasteiger partial charge in [-0.25, -0.2) is 4.57 Å². The summed E-state index contributed by atoms with van der Waals surface area (Å²) in [4.78, 5) is 30.7. The number of nitrogen functional groups attached to an aromatic ring is 1. The lowest BCUT2D eigenvalue weighted by Crippen LogP contribution is -2.45. The van der Waals surface area contributed by atoms with Gasteiger partial charge in [0.1, 0.15) is 10.9 Å². The molecule has 1 fully saturated rings. The molecule has 8 heteroatoms. The Bertz CT molecular complexity index is 1120. The summed E-state index contributed by atoms with van der Waals surface area (Å²) >= 11 is 0. The normalized spacial score (nSPS) is 15.1. The highest BCUT2D eigenvalue weighted by Crippen LogP contribution is 2.19. The first kappa shape index (κ1) is 19.3. The monoisotopic (exact) mass is 396 g/mol. The van der Waals surface area contributed by atoms with Crippen molar-refractivity contribution in [3.8, 4) is 0 Å². The van der Waals surface area contributed by atoms with E-state index in [1.54, 1.807) is 36.1 Å². The summed E-state index contributed by atoms with van der Waals surface area (Å²) < 4.78 is 8.37. The average Bonchev–Trinajstić information content (AvgIpc) is 2.74. The van der Waals surface area contributed by atoms with Crippen molar-refractivity contribution >= 4 is 28.4 Å². The number of nitrogens with two attached hydrogens (primary N) is 1. The van der Waals surface area contributed by atoms with Crippen molar-refractivity contribution in [3.05, 3.63) is 46.4 Å². The molecular weight excluding hydrogens is 370 g/mol. The Labute approximate surface area is 168 Å². The Balaban J connectivity index is 1.86. The number of anilines is 1. The number of hydrogen-bond acceptors (Lipinski definition) is 5. The van der Waals surface area contributed by atoms with E-state index < -0.39 is 0 Å². The molecule has 3 aromatic rings. The van der Waals surface area contributed by atoms with Crippen LogP contribution in [0.5, 0.6) is 0 Å². The van der Waals surface area contributed by atoms with Crippen LogP contribution in [0.25, 0.3) is 16.7 Å². The molecule has 0 unspecified atom stereocenters. The van der Waals surface area contributed by atoms with Crippen LogP contribution >= 0.6 is 0 Å². The number of amides is 1. The summed E-state index contributed by atoms with van der Waals surface area (Å²) in [5.74, 6) is 0.0371. The third-order valence-corrected chi connectivity index (χ3v) is 5.56. The molecule has 1 saturated carbocycles. The molecule has 8 nitrogen and oxygen atoms in total. The zero-order valence-electron chi connectivity index (χ0n) is 16.6. The number of pyridine rings is 2. The van der Waals surface area contributed by atoms with E-state index in [1.165, 1.54) is 10.8 Å². The van der Waals surface area contributed by atoms with E-state index in [1.807, 2.05) is 6.07 Å². The minimum Gasteiger partial charge on any atom is -0.381 e. The number of ether oxygens (including phenoxy) is 1. The Morgan fingerprint density at radius 3 is 2.90 bits per heavy atom. The van der Waals surface area contributed by atoms with E-state index in [0.717, 1.165) is 25.7 Å². The number of methoxy groups -OCH3 is 1. The highest BCUT2D eigenvalue weighted by molar-refractivity contribution is 6.00. The van der Waals surface area contributed by atoms with Gasteiger partial charge in [-0.3, -0.25) is 14.0 Å². The van der Waals surface area contributed by atoms with Crippen LogP contribution in [0.15, 0.2) is 35.3 Å². The zero-order chi connectivity index (χ0) is 20.4. The molecule has 0 aliphatic heterocycles. The van der Waals surface area contributed by atoms with Gasteiger partial charge in [0.15, 0.2) is 0 Å². The molecule has 1 aliphatic rings. The van der Waals surface area contributed by atoms with Crippen molar-refractivity contribution in [2.45, 2.75) is 44.7 Å². The first-order chi connectivity index (χ1) is 14.1. The topological polar surface area (TPSA) is 103 Å². The molecule has 4 rings (SSSR count). The summed E-state index contributed by atoms with van der Waals surface area (Å²) in [5, 5.41) is 3.44. The lowest BCUT2D eigenvalue weighted by molar-refractivity contribution is -0.660. The predicted molar refractivity (Wildman–Crippen MR) is 110 cm³/mol. The summed E-state index contributed by atoms with van der Waals surface area (Å²) in [5.41, 5.74) is 7.43. The molecule has 152 valence electrons. The van der Waals surface area contributed by atoms with Crippen LogP contribution in [0, 0.1) is 0 Å². The molecule has 0 bridgehead atoms. The second-order valence-electron chi connectivity index (χ2n) is 7.48. The molecule has 0 atom stereocenters. The highest BCUT2D eigenvalue weighted by atomic mass is 16.5. The van der Waals surface area contributed by atoms with Gasteiger partial charge in [0.2, 0.25) is 11.5 Å². The minimum absolute atomic E-state index is 0.148. The lowest BCUT2D eigenvalue weighted by Gasteiger charge is -2.23. The third-order valence-electron chi connectivity index (χ3n) is 5.56. The summed E-state index contributed by atoms with van der Waals surface area (Å²) in [7, 11) is 1.59. The van der Waals surface area contributed by atoms with Gasteiger partial charge in [0.05, 0.1) is 13.2 Å². The number of nitrogens with one attached hydrogen (secondary N) is 1. The van der Waals surface area contributed by atoms with E-state index >= 15 is 0 Å². The number of carbonyl (C=O) groups is 1. The van der Waals surface area contributed by atoms with Crippen LogP contribution in [0.1, 0.15) is 42.5 Å². The summed E-state index contributed by atoms with van der Waals surface area (Å²) in [6.07, 6.45) is 7.04. The van der Waals surface area contributed by atoms with Crippen molar-refractivity contribution in [1.82, 2.24) is 14.7 Å². The van der Waals surface area contributed by atoms with Gasteiger partial charge < -0.3 is 15.8 Å². The fraction of sp³-hybridized carbons (Fsp3) is 0.429. The van der Waals surface area contributed by atoms with E-state index in [9.17, 15) is 9.59 Å². The van der Waals surface area contributed by atoms with Crippen molar-refractivity contribution in [1.29, 1.82) is 0 Å². The van der Waals surface area contributed by atoms with Crippen LogP contribution in [0.2, 0.25) is 0 Å². The fourth-order valence-corrected chi connectivity index (χ4v) is 4.00. The number of hydrogen-bond donors (Lipinski definition) is 2. The maximum atomic E-state index is 13.1. The zero-order valence-corrected chi connectivity index (χ0v) is 16.6. The molecule has 0 saturated heterocycles. The lowest BCUT2D eigenvalue weighted by atomic mass is 9.95. The largest absolute Gasteiger partial charge is 0.381 e.